The first-order chi connectivity index (χ1) is 11.5. The molecule has 24 heavy (non-hydrogen) atoms. The van der Waals surface area contributed by atoms with Crippen LogP contribution in [0.5, 0.6) is 0 Å². The summed E-state index contributed by atoms with van der Waals surface area (Å²) >= 11 is 1.53. The Balaban J connectivity index is 0.000000891. The van der Waals surface area contributed by atoms with Crippen LogP contribution in [0.2, 0.25) is 0 Å². The van der Waals surface area contributed by atoms with Gasteiger partial charge in [0.15, 0.2) is 0 Å². The summed E-state index contributed by atoms with van der Waals surface area (Å²) in [5.41, 5.74) is 0. The SMILES string of the molecule is COCCN(Cc1nccs1)C(=O)[C@@H]1CN(C)CC[C@H]1O.O=CO. The molecule has 0 aromatic carbocycles. The van der Waals surface area contributed by atoms with Crippen molar-refractivity contribution >= 4 is 23.7 Å². The molecule has 2 atom stereocenters. The van der Waals surface area contributed by atoms with Crippen molar-refractivity contribution in [2.75, 3.05) is 40.4 Å². The number of carbonyl (C=O) groups excluding carboxylic acids is 1. The van der Waals surface area contributed by atoms with Crippen molar-refractivity contribution in [1.82, 2.24) is 14.8 Å². The zero-order valence-electron chi connectivity index (χ0n) is 14.0. The summed E-state index contributed by atoms with van der Waals surface area (Å²) in [6.45, 7) is 2.65. The number of hydrogen-bond donors (Lipinski definition) is 2. The van der Waals surface area contributed by atoms with Crippen LogP contribution < -0.4 is 0 Å². The molecule has 0 unspecified atom stereocenters. The molecule has 0 radical (unpaired) electrons. The van der Waals surface area contributed by atoms with Gasteiger partial charge in [0, 0.05) is 38.3 Å². The third kappa shape index (κ3) is 6.52. The number of thiazole rings is 1. The quantitative estimate of drug-likeness (QED) is 0.696. The number of methoxy groups -OCH3 is 1. The molecular formula is C15H25N3O5S. The Bertz CT molecular complexity index is 485. The van der Waals surface area contributed by atoms with E-state index in [1.807, 2.05) is 12.4 Å². The monoisotopic (exact) mass is 359 g/mol. The molecule has 1 fully saturated rings. The zero-order chi connectivity index (χ0) is 17.9. The van der Waals surface area contributed by atoms with Gasteiger partial charge < -0.3 is 24.7 Å². The first kappa shape index (κ1) is 20.5. The highest BCUT2D eigenvalue weighted by molar-refractivity contribution is 7.09. The molecule has 0 saturated carbocycles. The van der Waals surface area contributed by atoms with E-state index in [1.54, 1.807) is 18.2 Å². The van der Waals surface area contributed by atoms with Crippen LogP contribution in [0.25, 0.3) is 0 Å². The molecule has 1 aromatic rings. The number of ether oxygens (including phenoxy) is 1. The third-order valence-electron chi connectivity index (χ3n) is 3.78. The molecule has 1 aromatic heterocycles. The largest absolute Gasteiger partial charge is 0.483 e. The van der Waals surface area contributed by atoms with E-state index >= 15 is 0 Å². The maximum atomic E-state index is 12.7. The van der Waals surface area contributed by atoms with Crippen molar-refractivity contribution in [3.63, 3.8) is 0 Å². The summed E-state index contributed by atoms with van der Waals surface area (Å²) in [6.07, 6.45) is 1.82. The Kier molecular flexibility index (Phi) is 9.46. The Morgan fingerprint density at radius 2 is 2.33 bits per heavy atom. The average Bonchev–Trinajstić information content (AvgIpc) is 3.07. The number of carbonyl (C=O) groups is 2. The molecule has 2 heterocycles. The smallest absolute Gasteiger partial charge is 0.290 e. The summed E-state index contributed by atoms with van der Waals surface area (Å²) in [7, 11) is 3.60. The number of aromatic nitrogens is 1. The lowest BCUT2D eigenvalue weighted by Gasteiger charge is -2.36. The highest BCUT2D eigenvalue weighted by Gasteiger charge is 2.34. The first-order valence-electron chi connectivity index (χ1n) is 7.64. The van der Waals surface area contributed by atoms with Gasteiger partial charge >= 0.3 is 0 Å². The zero-order valence-corrected chi connectivity index (χ0v) is 14.8. The number of carboxylic acid groups (broad SMARTS) is 1. The Morgan fingerprint density at radius 1 is 1.62 bits per heavy atom. The van der Waals surface area contributed by atoms with Crippen LogP contribution in [0.3, 0.4) is 0 Å². The van der Waals surface area contributed by atoms with Gasteiger partial charge in [0.1, 0.15) is 5.01 Å². The fraction of sp³-hybridized carbons (Fsp3) is 0.667. The lowest BCUT2D eigenvalue weighted by Crippen LogP contribution is -2.50. The number of piperidine rings is 1. The number of amides is 1. The number of likely N-dealkylation sites (tertiary alicyclic amines) is 1. The van der Waals surface area contributed by atoms with Crippen LogP contribution in [-0.4, -0.2) is 83.9 Å². The van der Waals surface area contributed by atoms with E-state index in [0.29, 0.717) is 32.7 Å². The van der Waals surface area contributed by atoms with E-state index in [-0.39, 0.29) is 18.3 Å². The van der Waals surface area contributed by atoms with Crippen LogP contribution in [0.1, 0.15) is 11.4 Å². The maximum Gasteiger partial charge on any atom is 0.290 e. The van der Waals surface area contributed by atoms with Gasteiger partial charge in [-0.15, -0.1) is 11.3 Å². The topological polar surface area (TPSA) is 103 Å². The highest BCUT2D eigenvalue weighted by Crippen LogP contribution is 2.20. The molecule has 1 aliphatic heterocycles. The summed E-state index contributed by atoms with van der Waals surface area (Å²) in [5, 5.41) is 19.8. The Morgan fingerprint density at radius 3 is 2.92 bits per heavy atom. The standard InChI is InChI=1S/C14H23N3O3S.CH2O2/c1-16-5-3-12(18)11(9-16)14(19)17(6-7-20-2)10-13-15-4-8-21-13;2-1-3/h4,8,11-12,18H,3,5-7,9-10H2,1-2H3;1H,(H,2,3)/t11-,12-;/m1./s1. The number of hydrogen-bond acceptors (Lipinski definition) is 7. The number of aliphatic hydroxyl groups excluding tert-OH is 1. The minimum Gasteiger partial charge on any atom is -0.483 e. The lowest BCUT2D eigenvalue weighted by atomic mass is 9.93. The van der Waals surface area contributed by atoms with E-state index in [9.17, 15) is 9.90 Å². The number of rotatable bonds is 6. The molecule has 9 heteroatoms. The van der Waals surface area contributed by atoms with E-state index in [4.69, 9.17) is 14.6 Å². The summed E-state index contributed by atoms with van der Waals surface area (Å²) < 4.78 is 5.09. The summed E-state index contributed by atoms with van der Waals surface area (Å²) in [4.78, 5) is 29.2. The molecule has 2 rings (SSSR count). The minimum atomic E-state index is -0.560. The molecule has 1 aliphatic rings. The molecule has 8 nitrogen and oxygen atoms in total. The lowest BCUT2D eigenvalue weighted by molar-refractivity contribution is -0.143. The predicted molar refractivity (Wildman–Crippen MR) is 89.7 cm³/mol. The molecule has 1 amide bonds. The third-order valence-corrected chi connectivity index (χ3v) is 4.55. The number of nitrogens with zero attached hydrogens (tertiary/aromatic N) is 3. The van der Waals surface area contributed by atoms with Crippen LogP contribution >= 0.6 is 11.3 Å². The first-order valence-corrected chi connectivity index (χ1v) is 8.52. The van der Waals surface area contributed by atoms with Gasteiger partial charge in [-0.2, -0.15) is 0 Å². The highest BCUT2D eigenvalue weighted by atomic mass is 32.1. The van der Waals surface area contributed by atoms with Crippen LogP contribution in [0.15, 0.2) is 11.6 Å². The van der Waals surface area contributed by atoms with Crippen molar-refractivity contribution in [1.29, 1.82) is 0 Å². The molecule has 136 valence electrons. The van der Waals surface area contributed by atoms with Crippen molar-refractivity contribution in [3.05, 3.63) is 16.6 Å². The van der Waals surface area contributed by atoms with E-state index in [1.165, 1.54) is 11.3 Å². The van der Waals surface area contributed by atoms with Gasteiger partial charge in [0.05, 0.1) is 25.2 Å². The van der Waals surface area contributed by atoms with E-state index < -0.39 is 6.10 Å². The fourth-order valence-corrected chi connectivity index (χ4v) is 3.17. The molecule has 0 aliphatic carbocycles. The predicted octanol–water partition coefficient (Wildman–Crippen LogP) is 0.132. The Hall–Kier alpha value is -1.55. The summed E-state index contributed by atoms with van der Waals surface area (Å²) in [5.74, 6) is -0.373. The molecule has 0 bridgehead atoms. The second kappa shape index (κ2) is 11.1. The maximum absolute atomic E-state index is 12.7. The minimum absolute atomic E-state index is 0.0127. The van der Waals surface area contributed by atoms with Crippen LogP contribution in [0.4, 0.5) is 0 Å². The second-order valence-corrected chi connectivity index (χ2v) is 6.49. The average molecular weight is 359 g/mol. The van der Waals surface area contributed by atoms with Gasteiger partial charge in [0.25, 0.3) is 6.47 Å². The van der Waals surface area contributed by atoms with Gasteiger partial charge in [-0.25, -0.2) is 4.98 Å². The van der Waals surface area contributed by atoms with Crippen molar-refractivity contribution in [2.24, 2.45) is 5.92 Å². The van der Waals surface area contributed by atoms with Crippen molar-refractivity contribution < 1.29 is 24.5 Å². The van der Waals surface area contributed by atoms with Gasteiger partial charge in [0.2, 0.25) is 5.91 Å². The molecule has 2 N–H and O–H groups in total. The normalized spacial score (nSPS) is 20.8. The van der Waals surface area contributed by atoms with Crippen LogP contribution in [-0.2, 0) is 20.9 Å². The second-order valence-electron chi connectivity index (χ2n) is 5.51. The summed E-state index contributed by atoms with van der Waals surface area (Å²) in [6, 6.07) is 0. The van der Waals surface area contributed by atoms with Crippen LogP contribution in [0, 0.1) is 5.92 Å². The Labute approximate surface area is 145 Å². The molecule has 0 spiro atoms. The van der Waals surface area contributed by atoms with Gasteiger partial charge in [-0.1, -0.05) is 0 Å². The van der Waals surface area contributed by atoms with Crippen molar-refractivity contribution in [3.8, 4) is 0 Å². The van der Waals surface area contributed by atoms with Gasteiger partial charge in [-0.05, 0) is 13.5 Å². The molecular weight excluding hydrogens is 334 g/mol. The van der Waals surface area contributed by atoms with E-state index in [0.717, 1.165) is 11.6 Å². The van der Waals surface area contributed by atoms with Gasteiger partial charge in [-0.3, -0.25) is 9.59 Å². The number of aliphatic hydroxyl groups is 1. The van der Waals surface area contributed by atoms with E-state index in [2.05, 4.69) is 9.88 Å². The van der Waals surface area contributed by atoms with Crippen molar-refractivity contribution in [2.45, 2.75) is 19.1 Å². The fourth-order valence-electron chi connectivity index (χ4n) is 2.54. The molecule has 1 saturated heterocycles.